The molecule has 0 aromatic carbocycles. The number of unbranched alkanes of at least 4 members (excludes halogenated alkanes) is 1. The predicted octanol–water partition coefficient (Wildman–Crippen LogP) is 1.57. The molecule has 3 rings (SSSR count). The fourth-order valence-electron chi connectivity index (χ4n) is 3.40. The summed E-state index contributed by atoms with van der Waals surface area (Å²) in [6, 6.07) is 4.29. The minimum Gasteiger partial charge on any atom is -0.505 e. The minimum absolute atomic E-state index is 0.849. The van der Waals surface area contributed by atoms with Gasteiger partial charge in [-0.3, -0.25) is 0 Å². The molecular formula is C12H20BNO2S. The lowest BCUT2D eigenvalue weighted by Gasteiger charge is -2.46. The Labute approximate surface area is 107 Å². The van der Waals surface area contributed by atoms with Gasteiger partial charge in [0.05, 0.1) is 26.3 Å². The maximum Gasteiger partial charge on any atom is 0.512 e. The number of thiophene rings is 1. The summed E-state index contributed by atoms with van der Waals surface area (Å²) in [5.74, 6) is 0. The van der Waals surface area contributed by atoms with Gasteiger partial charge in [-0.25, -0.2) is 0 Å². The van der Waals surface area contributed by atoms with E-state index in [0.29, 0.717) is 0 Å². The molecule has 5 heteroatoms. The van der Waals surface area contributed by atoms with Crippen LogP contribution in [0.1, 0.15) is 19.8 Å². The lowest BCUT2D eigenvalue weighted by molar-refractivity contribution is -0.820. The normalized spacial score (nSPS) is 36.3. The third-order valence-electron chi connectivity index (χ3n) is 4.34. The molecule has 0 saturated carbocycles. The van der Waals surface area contributed by atoms with E-state index < -0.39 is 6.69 Å². The predicted molar refractivity (Wildman–Crippen MR) is 71.4 cm³/mol. The second kappa shape index (κ2) is 4.39. The molecule has 0 radical (unpaired) electrons. The third kappa shape index (κ3) is 1.60. The highest BCUT2D eigenvalue weighted by Crippen LogP contribution is 2.35. The van der Waals surface area contributed by atoms with Crippen molar-refractivity contribution in [3.63, 3.8) is 0 Å². The summed E-state index contributed by atoms with van der Waals surface area (Å²) in [5.41, 5.74) is 0. The number of hydrogen-bond acceptors (Lipinski definition) is 3. The molecule has 1 aromatic heterocycles. The van der Waals surface area contributed by atoms with Crippen LogP contribution in [0, 0.1) is 0 Å². The second-order valence-electron chi connectivity index (χ2n) is 5.17. The standard InChI is InChI=1S/C12H20BNO2S/c1-2-3-6-14-7-9-15-13(14,16-10-8-14)12-5-4-11-17-12/h4-5,11H,2-3,6-10H2,1H3. The molecule has 94 valence electrons. The monoisotopic (exact) mass is 253 g/mol. The van der Waals surface area contributed by atoms with Crippen LogP contribution in [-0.2, 0) is 9.31 Å². The van der Waals surface area contributed by atoms with Gasteiger partial charge in [0.1, 0.15) is 0 Å². The Bertz CT molecular complexity index is 372. The van der Waals surface area contributed by atoms with E-state index in [0.717, 1.165) is 30.7 Å². The summed E-state index contributed by atoms with van der Waals surface area (Å²) < 4.78 is 14.6. The number of hydrogen-bond donors (Lipinski definition) is 0. The summed E-state index contributed by atoms with van der Waals surface area (Å²) >= 11 is 1.78. The van der Waals surface area contributed by atoms with Crippen LogP contribution in [0.4, 0.5) is 0 Å². The summed E-state index contributed by atoms with van der Waals surface area (Å²) in [4.78, 5) is 0. The molecule has 0 amide bonds. The average Bonchev–Trinajstić information content (AvgIpc) is 3.00. The van der Waals surface area contributed by atoms with Gasteiger partial charge < -0.3 is 13.7 Å². The van der Waals surface area contributed by atoms with Crippen LogP contribution in [0.25, 0.3) is 0 Å². The third-order valence-corrected chi connectivity index (χ3v) is 5.34. The fourth-order valence-corrected chi connectivity index (χ4v) is 4.41. The van der Waals surface area contributed by atoms with Crippen molar-refractivity contribution in [2.24, 2.45) is 0 Å². The molecule has 2 aliphatic heterocycles. The quantitative estimate of drug-likeness (QED) is 0.758. The maximum absolute atomic E-state index is 6.13. The van der Waals surface area contributed by atoms with Crippen molar-refractivity contribution in [1.29, 1.82) is 0 Å². The fraction of sp³-hybridized carbons (Fsp3) is 0.667. The van der Waals surface area contributed by atoms with Crippen LogP contribution < -0.4 is 4.78 Å². The Morgan fingerprint density at radius 2 is 2.12 bits per heavy atom. The van der Waals surface area contributed by atoms with Crippen LogP contribution in [0.2, 0.25) is 0 Å². The van der Waals surface area contributed by atoms with E-state index in [1.807, 2.05) is 0 Å². The Morgan fingerprint density at radius 3 is 2.71 bits per heavy atom. The largest absolute Gasteiger partial charge is 0.512 e. The van der Waals surface area contributed by atoms with E-state index in [-0.39, 0.29) is 0 Å². The number of rotatable bonds is 4. The SMILES string of the molecule is CCCC[N+]12CCO[B-]1(c1cccs1)OCC2. The maximum atomic E-state index is 6.13. The number of quaternary nitrogens is 1. The molecule has 1 aromatic rings. The molecule has 2 fully saturated rings. The Hall–Kier alpha value is -0.355. The smallest absolute Gasteiger partial charge is 0.505 e. The van der Waals surface area contributed by atoms with Gasteiger partial charge in [-0.05, 0) is 16.6 Å². The summed E-state index contributed by atoms with van der Waals surface area (Å²) in [6.45, 7) is 6.18. The lowest BCUT2D eigenvalue weighted by atomic mass is 9.66. The van der Waals surface area contributed by atoms with Crippen molar-refractivity contribution in [3.05, 3.63) is 17.5 Å². The molecule has 0 spiro atoms. The molecule has 0 bridgehead atoms. The van der Waals surface area contributed by atoms with Crippen molar-refractivity contribution in [2.75, 3.05) is 32.8 Å². The Morgan fingerprint density at radius 1 is 1.35 bits per heavy atom. The molecule has 2 aliphatic rings. The van der Waals surface area contributed by atoms with Crippen molar-refractivity contribution < 1.29 is 13.7 Å². The van der Waals surface area contributed by atoms with Gasteiger partial charge in [0.2, 0.25) is 0 Å². The van der Waals surface area contributed by atoms with Crippen molar-refractivity contribution in [2.45, 2.75) is 19.8 Å². The minimum atomic E-state index is -1.23. The Kier molecular flexibility index (Phi) is 3.03. The zero-order valence-corrected chi connectivity index (χ0v) is 11.2. The van der Waals surface area contributed by atoms with E-state index in [1.165, 1.54) is 24.2 Å². The van der Waals surface area contributed by atoms with Crippen LogP contribution >= 0.6 is 11.3 Å². The summed E-state index contributed by atoms with van der Waals surface area (Å²) in [7, 11) is 0. The van der Waals surface area contributed by atoms with E-state index in [4.69, 9.17) is 9.31 Å². The van der Waals surface area contributed by atoms with Crippen LogP contribution in [0.3, 0.4) is 0 Å². The van der Waals surface area contributed by atoms with E-state index in [1.54, 1.807) is 11.3 Å². The highest BCUT2D eigenvalue weighted by atomic mass is 32.1. The second-order valence-corrected chi connectivity index (χ2v) is 6.15. The van der Waals surface area contributed by atoms with Gasteiger partial charge in [-0.15, -0.1) is 0 Å². The summed E-state index contributed by atoms with van der Waals surface area (Å²) in [6.07, 6.45) is 2.51. The van der Waals surface area contributed by atoms with Crippen LogP contribution in [0.5, 0.6) is 0 Å². The molecular weight excluding hydrogens is 233 g/mol. The van der Waals surface area contributed by atoms with Crippen molar-refractivity contribution >= 4 is 22.8 Å². The highest BCUT2D eigenvalue weighted by Gasteiger charge is 2.59. The molecule has 0 aliphatic carbocycles. The Balaban J connectivity index is 1.96. The van der Waals surface area contributed by atoms with E-state index in [2.05, 4.69) is 24.4 Å². The first-order valence-corrected chi connectivity index (χ1v) is 7.53. The number of nitrogens with zero attached hydrogens (tertiary/aromatic N) is 1. The number of fused-ring (bicyclic) bond motifs is 1. The van der Waals surface area contributed by atoms with Gasteiger partial charge in [0.25, 0.3) is 0 Å². The molecule has 17 heavy (non-hydrogen) atoms. The van der Waals surface area contributed by atoms with Gasteiger partial charge in [-0.1, -0.05) is 25.5 Å². The molecule has 3 heterocycles. The zero-order valence-electron chi connectivity index (χ0n) is 10.4. The van der Waals surface area contributed by atoms with E-state index >= 15 is 0 Å². The molecule has 2 saturated heterocycles. The van der Waals surface area contributed by atoms with Crippen LogP contribution in [0.15, 0.2) is 17.5 Å². The average molecular weight is 253 g/mol. The lowest BCUT2D eigenvalue weighted by Crippen LogP contribution is -2.68. The molecule has 3 nitrogen and oxygen atoms in total. The van der Waals surface area contributed by atoms with Gasteiger partial charge in [0.15, 0.2) is 0 Å². The molecule has 0 unspecified atom stereocenters. The first-order valence-electron chi connectivity index (χ1n) is 6.65. The van der Waals surface area contributed by atoms with E-state index in [9.17, 15) is 0 Å². The van der Waals surface area contributed by atoms with Crippen molar-refractivity contribution in [3.8, 4) is 0 Å². The first-order chi connectivity index (χ1) is 8.33. The van der Waals surface area contributed by atoms with Gasteiger partial charge in [0, 0.05) is 6.54 Å². The van der Waals surface area contributed by atoms with Crippen molar-refractivity contribution in [1.82, 2.24) is 0 Å². The zero-order chi connectivity index (χ0) is 11.8. The first kappa shape index (κ1) is 11.7. The van der Waals surface area contributed by atoms with Crippen LogP contribution in [-0.4, -0.2) is 43.9 Å². The highest BCUT2D eigenvalue weighted by molar-refractivity contribution is 7.22. The van der Waals surface area contributed by atoms with Gasteiger partial charge >= 0.3 is 6.69 Å². The molecule has 0 N–H and O–H groups in total. The topological polar surface area (TPSA) is 18.5 Å². The van der Waals surface area contributed by atoms with Gasteiger partial charge in [-0.2, -0.15) is 11.3 Å². The summed E-state index contributed by atoms with van der Waals surface area (Å²) in [5, 5.41) is 2.13. The molecule has 0 atom stereocenters.